The smallest absolute Gasteiger partial charge is 0.305 e. The monoisotopic (exact) mass is 299 g/mol. The fourth-order valence-corrected chi connectivity index (χ4v) is 2.67. The quantitative estimate of drug-likeness (QED) is 0.887. The zero-order valence-corrected chi connectivity index (χ0v) is 13.1. The van der Waals surface area contributed by atoms with Crippen LogP contribution in [0.2, 0.25) is 0 Å². The number of carboxylic acids is 1. The third-order valence-corrected chi connectivity index (χ3v) is 3.76. The molecule has 0 aliphatic heterocycles. The van der Waals surface area contributed by atoms with E-state index in [1.807, 2.05) is 18.2 Å². The molecule has 4 nitrogen and oxygen atoms in total. The lowest BCUT2D eigenvalue weighted by molar-refractivity contribution is -0.137. The molecule has 0 aliphatic carbocycles. The molecule has 0 spiro atoms. The molecule has 2 rings (SSSR count). The summed E-state index contributed by atoms with van der Waals surface area (Å²) in [7, 11) is 1.59. The molecule has 0 saturated carbocycles. The number of ether oxygens (including phenoxy) is 1. The number of hydrogen-bond donors (Lipinski definition) is 2. The van der Waals surface area contributed by atoms with E-state index < -0.39 is 12.0 Å². The van der Waals surface area contributed by atoms with Crippen LogP contribution < -0.4 is 10.5 Å². The van der Waals surface area contributed by atoms with Crippen molar-refractivity contribution in [2.75, 3.05) is 7.11 Å². The van der Waals surface area contributed by atoms with Gasteiger partial charge in [-0.25, -0.2) is 0 Å². The molecule has 0 aromatic heterocycles. The Hall–Kier alpha value is -2.33. The molecule has 4 heteroatoms. The third kappa shape index (κ3) is 3.46. The van der Waals surface area contributed by atoms with Crippen LogP contribution in [0.5, 0.6) is 5.75 Å². The van der Waals surface area contributed by atoms with E-state index in [0.29, 0.717) is 5.75 Å². The molecule has 0 unspecified atom stereocenters. The second kappa shape index (κ2) is 6.62. The average molecular weight is 299 g/mol. The first kappa shape index (κ1) is 16.0. The highest BCUT2D eigenvalue weighted by Gasteiger charge is 2.15. The van der Waals surface area contributed by atoms with Gasteiger partial charge < -0.3 is 15.6 Å². The molecule has 0 bridgehead atoms. The Morgan fingerprint density at radius 2 is 1.86 bits per heavy atom. The maximum Gasteiger partial charge on any atom is 0.305 e. The maximum atomic E-state index is 10.9. The van der Waals surface area contributed by atoms with Gasteiger partial charge in [-0.15, -0.1) is 0 Å². The number of carboxylic acid groups (broad SMARTS) is 1. The van der Waals surface area contributed by atoms with Crippen LogP contribution in [0.3, 0.4) is 0 Å². The van der Waals surface area contributed by atoms with Crippen LogP contribution in [0, 0.1) is 13.8 Å². The minimum atomic E-state index is -0.913. The standard InChI is InChI=1S/C18H21NO3/c1-11-5-4-6-12(2)18(11)14-7-13(8-15(9-14)22-3)16(19)10-17(20)21/h4-9,16H,10,19H2,1-3H3,(H,20,21)/t16-/m0/s1. The van der Waals surface area contributed by atoms with Gasteiger partial charge in [0, 0.05) is 6.04 Å². The summed E-state index contributed by atoms with van der Waals surface area (Å²) in [6.45, 7) is 4.11. The summed E-state index contributed by atoms with van der Waals surface area (Å²) in [6, 6.07) is 11.3. The van der Waals surface area contributed by atoms with Gasteiger partial charge in [0.25, 0.3) is 0 Å². The largest absolute Gasteiger partial charge is 0.497 e. The molecular weight excluding hydrogens is 278 g/mol. The van der Waals surface area contributed by atoms with Crippen LogP contribution in [0.25, 0.3) is 11.1 Å². The predicted octanol–water partition coefficient (Wildman–Crippen LogP) is 3.45. The van der Waals surface area contributed by atoms with Gasteiger partial charge in [-0.1, -0.05) is 18.2 Å². The Kier molecular flexibility index (Phi) is 4.83. The molecule has 0 saturated heterocycles. The van der Waals surface area contributed by atoms with Crippen molar-refractivity contribution in [1.29, 1.82) is 0 Å². The van der Waals surface area contributed by atoms with Gasteiger partial charge in [-0.05, 0) is 59.9 Å². The van der Waals surface area contributed by atoms with Crippen molar-refractivity contribution < 1.29 is 14.6 Å². The zero-order chi connectivity index (χ0) is 16.3. The maximum absolute atomic E-state index is 10.9. The van der Waals surface area contributed by atoms with Crippen LogP contribution in [0.1, 0.15) is 29.2 Å². The second-order valence-electron chi connectivity index (χ2n) is 5.47. The van der Waals surface area contributed by atoms with Crippen molar-refractivity contribution in [2.45, 2.75) is 26.3 Å². The Bertz CT molecular complexity index is 674. The fourth-order valence-electron chi connectivity index (χ4n) is 2.67. The fraction of sp³-hybridized carbons (Fsp3) is 0.278. The summed E-state index contributed by atoms with van der Waals surface area (Å²) in [4.78, 5) is 10.9. The van der Waals surface area contributed by atoms with Crippen molar-refractivity contribution in [2.24, 2.45) is 5.73 Å². The molecule has 0 amide bonds. The van der Waals surface area contributed by atoms with Crippen LogP contribution in [-0.4, -0.2) is 18.2 Å². The Balaban J connectivity index is 2.55. The highest BCUT2D eigenvalue weighted by atomic mass is 16.5. The highest BCUT2D eigenvalue weighted by molar-refractivity contribution is 5.73. The molecule has 22 heavy (non-hydrogen) atoms. The minimum Gasteiger partial charge on any atom is -0.497 e. The van der Waals surface area contributed by atoms with E-state index in [2.05, 4.69) is 26.0 Å². The van der Waals surface area contributed by atoms with Gasteiger partial charge >= 0.3 is 5.97 Å². The molecule has 0 radical (unpaired) electrons. The summed E-state index contributed by atoms with van der Waals surface area (Å²) in [5.74, 6) is -0.236. The van der Waals surface area contributed by atoms with E-state index in [1.165, 1.54) is 0 Å². The van der Waals surface area contributed by atoms with Gasteiger partial charge in [0.15, 0.2) is 0 Å². The number of benzene rings is 2. The first-order valence-corrected chi connectivity index (χ1v) is 7.15. The van der Waals surface area contributed by atoms with Crippen molar-refractivity contribution in [3.05, 3.63) is 53.1 Å². The van der Waals surface area contributed by atoms with Gasteiger partial charge in [0.05, 0.1) is 13.5 Å². The number of methoxy groups -OCH3 is 1. The van der Waals surface area contributed by atoms with E-state index in [-0.39, 0.29) is 6.42 Å². The predicted molar refractivity (Wildman–Crippen MR) is 87.1 cm³/mol. The Labute approximate surface area is 130 Å². The van der Waals surface area contributed by atoms with Gasteiger partial charge in [-0.2, -0.15) is 0 Å². The van der Waals surface area contributed by atoms with Crippen LogP contribution in [-0.2, 0) is 4.79 Å². The lowest BCUT2D eigenvalue weighted by atomic mass is 9.92. The molecule has 0 aliphatic rings. The zero-order valence-electron chi connectivity index (χ0n) is 13.1. The summed E-state index contributed by atoms with van der Waals surface area (Å²) in [6.07, 6.45) is -0.112. The van der Waals surface area contributed by atoms with E-state index in [4.69, 9.17) is 15.6 Å². The van der Waals surface area contributed by atoms with Crippen LogP contribution in [0.4, 0.5) is 0 Å². The summed E-state index contributed by atoms with van der Waals surface area (Å²) >= 11 is 0. The molecular formula is C18H21NO3. The summed E-state index contributed by atoms with van der Waals surface area (Å²) in [5.41, 5.74) is 11.2. The molecule has 2 aromatic rings. The lowest BCUT2D eigenvalue weighted by Gasteiger charge is -2.16. The minimum absolute atomic E-state index is 0.112. The van der Waals surface area contributed by atoms with Gasteiger partial charge in [0.2, 0.25) is 0 Å². The number of nitrogens with two attached hydrogens (primary N) is 1. The first-order chi connectivity index (χ1) is 10.4. The van der Waals surface area contributed by atoms with Crippen molar-refractivity contribution in [3.63, 3.8) is 0 Å². The molecule has 3 N–H and O–H groups in total. The summed E-state index contributed by atoms with van der Waals surface area (Å²) < 4.78 is 5.35. The first-order valence-electron chi connectivity index (χ1n) is 7.15. The number of aliphatic carboxylic acids is 1. The van der Waals surface area contributed by atoms with Gasteiger partial charge in [-0.3, -0.25) is 4.79 Å². The Morgan fingerprint density at radius 1 is 1.23 bits per heavy atom. The molecule has 0 heterocycles. The normalized spacial score (nSPS) is 12.0. The van der Waals surface area contributed by atoms with Crippen LogP contribution in [0.15, 0.2) is 36.4 Å². The number of hydrogen-bond acceptors (Lipinski definition) is 3. The molecule has 116 valence electrons. The summed E-state index contributed by atoms with van der Waals surface area (Å²) in [5, 5.41) is 8.94. The Morgan fingerprint density at radius 3 is 2.41 bits per heavy atom. The molecule has 2 aromatic carbocycles. The van der Waals surface area contributed by atoms with Crippen molar-refractivity contribution in [3.8, 4) is 16.9 Å². The number of carbonyl (C=O) groups is 1. The lowest BCUT2D eigenvalue weighted by Crippen LogP contribution is -2.15. The molecule has 1 atom stereocenters. The van der Waals surface area contributed by atoms with E-state index in [0.717, 1.165) is 27.8 Å². The van der Waals surface area contributed by atoms with Crippen molar-refractivity contribution in [1.82, 2.24) is 0 Å². The van der Waals surface area contributed by atoms with E-state index >= 15 is 0 Å². The second-order valence-corrected chi connectivity index (χ2v) is 5.47. The third-order valence-electron chi connectivity index (χ3n) is 3.76. The number of aryl methyl sites for hydroxylation is 2. The van der Waals surface area contributed by atoms with Gasteiger partial charge in [0.1, 0.15) is 5.75 Å². The van der Waals surface area contributed by atoms with E-state index in [9.17, 15) is 4.79 Å². The van der Waals surface area contributed by atoms with E-state index in [1.54, 1.807) is 13.2 Å². The van der Waals surface area contributed by atoms with Crippen LogP contribution >= 0.6 is 0 Å². The number of rotatable bonds is 5. The topological polar surface area (TPSA) is 72.5 Å². The van der Waals surface area contributed by atoms with Crippen molar-refractivity contribution >= 4 is 5.97 Å². The average Bonchev–Trinajstić information content (AvgIpc) is 2.46. The molecule has 0 fully saturated rings. The highest BCUT2D eigenvalue weighted by Crippen LogP contribution is 2.33. The SMILES string of the molecule is COc1cc(-c2c(C)cccc2C)cc([C@@H](N)CC(=O)O)c1.